The molecule has 1 heterocycles. The number of carboxylic acid groups (broad SMARTS) is 1. The van der Waals surface area contributed by atoms with E-state index in [-0.39, 0.29) is 6.61 Å². The van der Waals surface area contributed by atoms with Crippen molar-refractivity contribution >= 4 is 5.97 Å². The summed E-state index contributed by atoms with van der Waals surface area (Å²) in [5.41, 5.74) is 0.771. The molecule has 0 aliphatic heterocycles. The molecular formula is C9H8N4O3. The zero-order valence-electron chi connectivity index (χ0n) is 8.15. The maximum Gasteiger partial charge on any atom is 0.341 e. The third-order valence-corrected chi connectivity index (χ3v) is 1.81. The van der Waals surface area contributed by atoms with Gasteiger partial charge in [0.05, 0.1) is 5.69 Å². The summed E-state index contributed by atoms with van der Waals surface area (Å²) in [5.74, 6) is -0.524. The molecule has 0 bridgehead atoms. The van der Waals surface area contributed by atoms with Crippen molar-refractivity contribution in [1.29, 1.82) is 0 Å². The standard InChI is InChI=1S/C9H8N4O3/c14-9(15)5-16-8-3-1-7(2-4-8)13-6-10-11-12-13/h1-4,6H,5H2,(H,14,15). The summed E-state index contributed by atoms with van der Waals surface area (Å²) >= 11 is 0. The van der Waals surface area contributed by atoms with Gasteiger partial charge in [-0.15, -0.1) is 5.10 Å². The second kappa shape index (κ2) is 4.39. The van der Waals surface area contributed by atoms with E-state index in [0.29, 0.717) is 5.75 Å². The summed E-state index contributed by atoms with van der Waals surface area (Å²) in [5, 5.41) is 19.1. The first kappa shape index (κ1) is 10.1. The summed E-state index contributed by atoms with van der Waals surface area (Å²) in [6, 6.07) is 6.76. The first-order valence-electron chi connectivity index (χ1n) is 4.44. The SMILES string of the molecule is O=C(O)COc1ccc(-n2cnnn2)cc1. The van der Waals surface area contributed by atoms with E-state index < -0.39 is 5.97 Å². The Labute approximate surface area is 90.3 Å². The largest absolute Gasteiger partial charge is 0.482 e. The van der Waals surface area contributed by atoms with Gasteiger partial charge in [-0.05, 0) is 34.7 Å². The number of aromatic nitrogens is 4. The minimum absolute atomic E-state index is 0.357. The van der Waals surface area contributed by atoms with Gasteiger partial charge in [0, 0.05) is 0 Å². The summed E-state index contributed by atoms with van der Waals surface area (Å²) in [6.45, 7) is -0.357. The van der Waals surface area contributed by atoms with Crippen molar-refractivity contribution in [2.45, 2.75) is 0 Å². The number of aliphatic carboxylic acids is 1. The summed E-state index contributed by atoms with van der Waals surface area (Å²) in [6.07, 6.45) is 1.47. The Hall–Kier alpha value is -2.44. The number of hydrogen-bond acceptors (Lipinski definition) is 5. The Balaban J connectivity index is 2.08. The van der Waals surface area contributed by atoms with Gasteiger partial charge < -0.3 is 9.84 Å². The van der Waals surface area contributed by atoms with Crippen LogP contribution >= 0.6 is 0 Å². The Morgan fingerprint density at radius 2 is 2.12 bits per heavy atom. The predicted molar refractivity (Wildman–Crippen MR) is 52.3 cm³/mol. The van der Waals surface area contributed by atoms with Crippen LogP contribution < -0.4 is 4.74 Å². The number of hydrogen-bond donors (Lipinski definition) is 1. The second-order valence-electron chi connectivity index (χ2n) is 2.93. The highest BCUT2D eigenvalue weighted by Gasteiger charge is 2.01. The van der Waals surface area contributed by atoms with E-state index in [1.807, 2.05) is 0 Å². The number of tetrazole rings is 1. The van der Waals surface area contributed by atoms with Crippen LogP contribution in [0.2, 0.25) is 0 Å². The van der Waals surface area contributed by atoms with Crippen LogP contribution in [0.4, 0.5) is 0 Å². The third-order valence-electron chi connectivity index (χ3n) is 1.81. The average Bonchev–Trinajstić information content (AvgIpc) is 2.80. The average molecular weight is 220 g/mol. The molecule has 0 saturated heterocycles. The first-order chi connectivity index (χ1) is 7.75. The molecule has 7 nitrogen and oxygen atoms in total. The third kappa shape index (κ3) is 2.32. The Kier molecular flexibility index (Phi) is 2.77. The number of nitrogens with zero attached hydrogens (tertiary/aromatic N) is 4. The van der Waals surface area contributed by atoms with Crippen molar-refractivity contribution in [1.82, 2.24) is 20.2 Å². The van der Waals surface area contributed by atoms with Gasteiger partial charge in [0.25, 0.3) is 0 Å². The number of ether oxygens (including phenoxy) is 1. The van der Waals surface area contributed by atoms with E-state index in [9.17, 15) is 4.79 Å². The molecule has 0 amide bonds. The molecule has 1 aromatic heterocycles. The Bertz CT molecular complexity index is 466. The molecule has 1 aromatic carbocycles. The van der Waals surface area contributed by atoms with Crippen LogP contribution in [0.5, 0.6) is 5.75 Å². The van der Waals surface area contributed by atoms with Gasteiger partial charge in [0.2, 0.25) is 0 Å². The van der Waals surface area contributed by atoms with E-state index in [2.05, 4.69) is 15.5 Å². The highest BCUT2D eigenvalue weighted by atomic mass is 16.5. The molecule has 2 rings (SSSR count). The summed E-state index contributed by atoms with van der Waals surface area (Å²) in [7, 11) is 0. The molecule has 2 aromatic rings. The first-order valence-corrected chi connectivity index (χ1v) is 4.44. The topological polar surface area (TPSA) is 90.1 Å². The number of carboxylic acids is 1. The second-order valence-corrected chi connectivity index (χ2v) is 2.93. The molecule has 0 unspecified atom stereocenters. The molecule has 0 fully saturated rings. The van der Waals surface area contributed by atoms with E-state index >= 15 is 0 Å². The lowest BCUT2D eigenvalue weighted by molar-refractivity contribution is -0.139. The van der Waals surface area contributed by atoms with Crippen LogP contribution in [0.3, 0.4) is 0 Å². The highest BCUT2D eigenvalue weighted by Crippen LogP contribution is 2.13. The molecule has 0 atom stereocenters. The van der Waals surface area contributed by atoms with Crippen molar-refractivity contribution in [2.24, 2.45) is 0 Å². The fourth-order valence-electron chi connectivity index (χ4n) is 1.12. The van der Waals surface area contributed by atoms with Crippen molar-refractivity contribution in [3.63, 3.8) is 0 Å². The molecule has 0 aliphatic rings. The van der Waals surface area contributed by atoms with Gasteiger partial charge in [-0.1, -0.05) is 0 Å². The zero-order valence-corrected chi connectivity index (χ0v) is 8.15. The van der Waals surface area contributed by atoms with Crippen LogP contribution in [-0.4, -0.2) is 37.9 Å². The maximum absolute atomic E-state index is 10.3. The van der Waals surface area contributed by atoms with Crippen molar-refractivity contribution in [2.75, 3.05) is 6.61 Å². The lowest BCUT2D eigenvalue weighted by Crippen LogP contribution is -2.09. The van der Waals surface area contributed by atoms with Crippen LogP contribution in [0, 0.1) is 0 Å². The number of carbonyl (C=O) groups is 1. The molecule has 0 spiro atoms. The fraction of sp³-hybridized carbons (Fsp3) is 0.111. The van der Waals surface area contributed by atoms with E-state index in [4.69, 9.17) is 9.84 Å². The van der Waals surface area contributed by atoms with Gasteiger partial charge in [-0.2, -0.15) is 0 Å². The van der Waals surface area contributed by atoms with Gasteiger partial charge in [-0.3, -0.25) is 0 Å². The molecule has 0 aliphatic carbocycles. The van der Waals surface area contributed by atoms with Gasteiger partial charge in [0.15, 0.2) is 6.61 Å². The number of rotatable bonds is 4. The van der Waals surface area contributed by atoms with Crippen LogP contribution in [-0.2, 0) is 4.79 Å². The zero-order chi connectivity index (χ0) is 11.4. The lowest BCUT2D eigenvalue weighted by atomic mass is 10.3. The molecule has 82 valence electrons. The van der Waals surface area contributed by atoms with Gasteiger partial charge in [-0.25, -0.2) is 9.48 Å². The monoisotopic (exact) mass is 220 g/mol. The molecule has 7 heteroatoms. The summed E-state index contributed by atoms with van der Waals surface area (Å²) < 4.78 is 6.47. The maximum atomic E-state index is 10.3. The minimum Gasteiger partial charge on any atom is -0.482 e. The normalized spacial score (nSPS) is 10.0. The summed E-state index contributed by atoms with van der Waals surface area (Å²) in [4.78, 5) is 10.3. The van der Waals surface area contributed by atoms with Crippen molar-refractivity contribution < 1.29 is 14.6 Å². The minimum atomic E-state index is -1.01. The quantitative estimate of drug-likeness (QED) is 0.787. The lowest BCUT2D eigenvalue weighted by Gasteiger charge is -2.03. The molecular weight excluding hydrogens is 212 g/mol. The van der Waals surface area contributed by atoms with E-state index in [0.717, 1.165) is 5.69 Å². The van der Waals surface area contributed by atoms with Gasteiger partial charge in [0.1, 0.15) is 12.1 Å². The van der Waals surface area contributed by atoms with E-state index in [1.54, 1.807) is 24.3 Å². The van der Waals surface area contributed by atoms with E-state index in [1.165, 1.54) is 11.0 Å². The predicted octanol–water partition coefficient (Wildman–Crippen LogP) is 0.126. The highest BCUT2D eigenvalue weighted by molar-refractivity contribution is 5.68. The Morgan fingerprint density at radius 3 is 2.69 bits per heavy atom. The van der Waals surface area contributed by atoms with Gasteiger partial charge >= 0.3 is 5.97 Å². The van der Waals surface area contributed by atoms with Crippen LogP contribution in [0.25, 0.3) is 5.69 Å². The molecule has 16 heavy (non-hydrogen) atoms. The van der Waals surface area contributed by atoms with Crippen molar-refractivity contribution in [3.05, 3.63) is 30.6 Å². The fourth-order valence-corrected chi connectivity index (χ4v) is 1.12. The van der Waals surface area contributed by atoms with Crippen molar-refractivity contribution in [3.8, 4) is 11.4 Å². The molecule has 0 radical (unpaired) electrons. The molecule has 0 saturated carbocycles. The van der Waals surface area contributed by atoms with Crippen LogP contribution in [0.1, 0.15) is 0 Å². The molecule has 1 N–H and O–H groups in total. The smallest absolute Gasteiger partial charge is 0.341 e. The van der Waals surface area contributed by atoms with Crippen LogP contribution in [0.15, 0.2) is 30.6 Å². The number of benzene rings is 1. The Morgan fingerprint density at radius 1 is 1.38 bits per heavy atom.